The SMILES string of the molecule is CCC(CCC(CC(=O)CCc1cc(O)c(O)c(OC)c1)OC(C)=O)Cc1cc[nH]c1. The first-order valence-corrected chi connectivity index (χ1v) is 10.7. The van der Waals surface area contributed by atoms with Gasteiger partial charge in [0.25, 0.3) is 0 Å². The van der Waals surface area contributed by atoms with Gasteiger partial charge in [0.1, 0.15) is 11.9 Å². The Hall–Kier alpha value is -2.96. The summed E-state index contributed by atoms with van der Waals surface area (Å²) in [5, 5.41) is 19.5. The zero-order chi connectivity index (χ0) is 22.8. The van der Waals surface area contributed by atoms with Crippen LogP contribution in [0.4, 0.5) is 0 Å². The molecule has 31 heavy (non-hydrogen) atoms. The Morgan fingerprint density at radius 1 is 1.16 bits per heavy atom. The number of carbonyl (C=O) groups is 2. The van der Waals surface area contributed by atoms with E-state index in [0.29, 0.717) is 24.3 Å². The van der Waals surface area contributed by atoms with Crippen LogP contribution in [0.1, 0.15) is 57.1 Å². The molecule has 2 rings (SSSR count). The van der Waals surface area contributed by atoms with Crippen molar-refractivity contribution in [1.29, 1.82) is 0 Å². The van der Waals surface area contributed by atoms with Crippen LogP contribution in [-0.2, 0) is 27.2 Å². The van der Waals surface area contributed by atoms with Crippen molar-refractivity contribution in [2.24, 2.45) is 5.92 Å². The van der Waals surface area contributed by atoms with E-state index in [-0.39, 0.29) is 41.8 Å². The summed E-state index contributed by atoms with van der Waals surface area (Å²) in [7, 11) is 1.40. The minimum atomic E-state index is -0.437. The molecule has 0 amide bonds. The van der Waals surface area contributed by atoms with E-state index in [1.165, 1.54) is 25.7 Å². The predicted molar refractivity (Wildman–Crippen MR) is 117 cm³/mol. The van der Waals surface area contributed by atoms with Crippen LogP contribution in [0.25, 0.3) is 0 Å². The first kappa shape index (κ1) is 24.3. The third-order valence-electron chi connectivity index (χ3n) is 5.48. The topological polar surface area (TPSA) is 109 Å². The molecule has 170 valence electrons. The highest BCUT2D eigenvalue weighted by atomic mass is 16.5. The molecule has 2 atom stereocenters. The van der Waals surface area contributed by atoms with E-state index < -0.39 is 6.10 Å². The van der Waals surface area contributed by atoms with Gasteiger partial charge in [-0.15, -0.1) is 0 Å². The highest BCUT2D eigenvalue weighted by Gasteiger charge is 2.20. The second-order valence-electron chi connectivity index (χ2n) is 7.92. The Balaban J connectivity index is 1.90. The molecule has 0 saturated heterocycles. The van der Waals surface area contributed by atoms with Crippen molar-refractivity contribution in [3.8, 4) is 17.2 Å². The van der Waals surface area contributed by atoms with E-state index in [9.17, 15) is 19.8 Å². The lowest BCUT2D eigenvalue weighted by molar-refractivity contribution is -0.148. The molecule has 0 aliphatic heterocycles. The van der Waals surface area contributed by atoms with Crippen molar-refractivity contribution in [2.75, 3.05) is 7.11 Å². The Bertz CT molecular complexity index is 846. The number of rotatable bonds is 13. The molecule has 0 aliphatic rings. The molecular formula is C24H33NO6. The number of hydrogen-bond donors (Lipinski definition) is 3. The molecule has 1 aromatic heterocycles. The molecule has 0 bridgehead atoms. The Morgan fingerprint density at radius 2 is 1.94 bits per heavy atom. The number of ketones is 1. The van der Waals surface area contributed by atoms with E-state index >= 15 is 0 Å². The van der Waals surface area contributed by atoms with Gasteiger partial charge >= 0.3 is 5.97 Å². The molecule has 2 aromatic rings. The van der Waals surface area contributed by atoms with Gasteiger partial charge in [-0.2, -0.15) is 0 Å². The summed E-state index contributed by atoms with van der Waals surface area (Å²) in [4.78, 5) is 27.1. The number of hydrogen-bond acceptors (Lipinski definition) is 6. The molecule has 3 N–H and O–H groups in total. The summed E-state index contributed by atoms with van der Waals surface area (Å²) in [6, 6.07) is 5.08. The fraction of sp³-hybridized carbons (Fsp3) is 0.500. The minimum Gasteiger partial charge on any atom is -0.504 e. The first-order chi connectivity index (χ1) is 14.8. The Labute approximate surface area is 183 Å². The summed E-state index contributed by atoms with van der Waals surface area (Å²) in [5.41, 5.74) is 1.93. The fourth-order valence-corrected chi connectivity index (χ4v) is 3.72. The number of H-pyrrole nitrogens is 1. The highest BCUT2D eigenvalue weighted by Crippen LogP contribution is 2.36. The lowest BCUT2D eigenvalue weighted by Crippen LogP contribution is -2.22. The molecule has 0 saturated carbocycles. The molecule has 0 aliphatic carbocycles. The average molecular weight is 432 g/mol. The van der Waals surface area contributed by atoms with Crippen LogP contribution in [0.5, 0.6) is 17.2 Å². The summed E-state index contributed by atoms with van der Waals surface area (Å²) in [6.07, 6.45) is 7.74. The smallest absolute Gasteiger partial charge is 0.302 e. The van der Waals surface area contributed by atoms with E-state index in [2.05, 4.69) is 18.0 Å². The number of benzene rings is 1. The zero-order valence-corrected chi connectivity index (χ0v) is 18.5. The molecule has 2 unspecified atom stereocenters. The van der Waals surface area contributed by atoms with Crippen molar-refractivity contribution in [2.45, 2.75) is 64.9 Å². The number of aromatic nitrogens is 1. The first-order valence-electron chi connectivity index (χ1n) is 10.7. The van der Waals surface area contributed by atoms with E-state index in [1.54, 1.807) is 6.07 Å². The number of ether oxygens (including phenoxy) is 2. The monoisotopic (exact) mass is 431 g/mol. The van der Waals surface area contributed by atoms with Gasteiger partial charge in [-0.05, 0) is 60.9 Å². The number of phenols is 2. The molecule has 7 nitrogen and oxygen atoms in total. The molecule has 0 fully saturated rings. The van der Waals surface area contributed by atoms with Crippen LogP contribution in [0, 0.1) is 5.92 Å². The number of methoxy groups -OCH3 is 1. The van der Waals surface area contributed by atoms with Gasteiger partial charge < -0.3 is 24.7 Å². The molecular weight excluding hydrogens is 398 g/mol. The van der Waals surface area contributed by atoms with Crippen LogP contribution < -0.4 is 4.74 Å². The Morgan fingerprint density at radius 3 is 2.55 bits per heavy atom. The standard InChI is InChI=1S/C24H33NO6/c1-4-17(11-19-9-10-25-15-19)6-8-21(31-16(2)26)14-20(27)7-5-18-12-22(28)24(29)23(13-18)30-3/h9-10,12-13,15,17,21,25,28-29H,4-8,11,14H2,1-3H3. The average Bonchev–Trinajstić information content (AvgIpc) is 3.24. The summed E-state index contributed by atoms with van der Waals surface area (Å²) < 4.78 is 10.4. The van der Waals surface area contributed by atoms with Gasteiger partial charge in [0.05, 0.1) is 7.11 Å². The van der Waals surface area contributed by atoms with Gasteiger partial charge in [0.2, 0.25) is 5.75 Å². The van der Waals surface area contributed by atoms with Gasteiger partial charge in [-0.1, -0.05) is 13.3 Å². The largest absolute Gasteiger partial charge is 0.504 e. The van der Waals surface area contributed by atoms with Crippen LogP contribution in [0.3, 0.4) is 0 Å². The summed E-state index contributed by atoms with van der Waals surface area (Å²) in [5.74, 6) is -0.393. The normalized spacial score (nSPS) is 12.9. The highest BCUT2D eigenvalue weighted by molar-refractivity contribution is 5.79. The zero-order valence-electron chi connectivity index (χ0n) is 18.5. The van der Waals surface area contributed by atoms with Crippen molar-refractivity contribution in [3.63, 3.8) is 0 Å². The van der Waals surface area contributed by atoms with Gasteiger partial charge in [-0.3, -0.25) is 9.59 Å². The number of carbonyl (C=O) groups excluding carboxylic acids is 2. The maximum atomic E-state index is 12.5. The van der Waals surface area contributed by atoms with Crippen molar-refractivity contribution >= 4 is 11.8 Å². The molecule has 1 heterocycles. The number of aryl methyl sites for hydroxylation is 1. The van der Waals surface area contributed by atoms with Crippen LogP contribution in [-0.4, -0.2) is 40.2 Å². The third kappa shape index (κ3) is 8.00. The quantitative estimate of drug-likeness (QED) is 0.322. The summed E-state index contributed by atoms with van der Waals surface area (Å²) >= 11 is 0. The Kier molecular flexibility index (Phi) is 9.43. The number of nitrogens with one attached hydrogen (secondary N) is 1. The number of Topliss-reactive ketones (excluding diaryl/α,β-unsaturated/α-hetero) is 1. The molecule has 0 spiro atoms. The number of phenolic OH excluding ortho intramolecular Hbond substituents is 2. The molecule has 7 heteroatoms. The van der Waals surface area contributed by atoms with E-state index in [1.807, 2.05) is 12.4 Å². The van der Waals surface area contributed by atoms with Crippen molar-refractivity contribution in [3.05, 3.63) is 41.7 Å². The predicted octanol–water partition coefficient (Wildman–Crippen LogP) is 4.31. The number of aromatic hydroxyl groups is 2. The maximum absolute atomic E-state index is 12.5. The maximum Gasteiger partial charge on any atom is 0.302 e. The lowest BCUT2D eigenvalue weighted by atomic mass is 9.91. The fourth-order valence-electron chi connectivity index (χ4n) is 3.72. The van der Waals surface area contributed by atoms with Gasteiger partial charge in [-0.25, -0.2) is 0 Å². The van der Waals surface area contributed by atoms with Crippen LogP contribution >= 0.6 is 0 Å². The van der Waals surface area contributed by atoms with E-state index in [4.69, 9.17) is 9.47 Å². The minimum absolute atomic E-state index is 0.0172. The number of aromatic amines is 1. The second kappa shape index (κ2) is 12.0. The van der Waals surface area contributed by atoms with Gasteiger partial charge in [0.15, 0.2) is 11.5 Å². The molecule has 1 aromatic carbocycles. The third-order valence-corrected chi connectivity index (χ3v) is 5.48. The van der Waals surface area contributed by atoms with Crippen molar-refractivity contribution < 1.29 is 29.3 Å². The van der Waals surface area contributed by atoms with Gasteiger partial charge in [0, 0.05) is 32.2 Å². The van der Waals surface area contributed by atoms with Crippen LogP contribution in [0.15, 0.2) is 30.6 Å². The number of esters is 1. The van der Waals surface area contributed by atoms with E-state index in [0.717, 1.165) is 19.3 Å². The van der Waals surface area contributed by atoms with Crippen LogP contribution in [0.2, 0.25) is 0 Å². The lowest BCUT2D eigenvalue weighted by Gasteiger charge is -2.20. The summed E-state index contributed by atoms with van der Waals surface area (Å²) in [6.45, 7) is 3.50. The second-order valence-corrected chi connectivity index (χ2v) is 7.92. The van der Waals surface area contributed by atoms with Crippen molar-refractivity contribution in [1.82, 2.24) is 4.98 Å². The molecule has 0 radical (unpaired) electrons.